The monoisotopic (exact) mass is 525 g/mol. The molecule has 2 aromatic carbocycles. The summed E-state index contributed by atoms with van der Waals surface area (Å²) < 4.78 is 13.2. The lowest BCUT2D eigenvalue weighted by molar-refractivity contribution is 0.0914. The lowest BCUT2D eigenvalue weighted by atomic mass is 10.0. The van der Waals surface area contributed by atoms with E-state index in [2.05, 4.69) is 32.4 Å². The number of aromatic nitrogens is 2. The van der Waals surface area contributed by atoms with Crippen molar-refractivity contribution in [1.29, 1.82) is 0 Å². The average molecular weight is 526 g/mol. The molecule has 0 spiro atoms. The van der Waals surface area contributed by atoms with Gasteiger partial charge in [-0.25, -0.2) is 9.37 Å². The molecule has 1 fully saturated rings. The molecule has 1 aliphatic rings. The average Bonchev–Trinajstić information content (AvgIpc) is 3.39. The molecule has 2 amide bonds. The van der Waals surface area contributed by atoms with Crippen LogP contribution in [0, 0.1) is 5.82 Å². The van der Waals surface area contributed by atoms with Crippen molar-refractivity contribution in [3.05, 3.63) is 82.1 Å². The molecule has 8 nitrogen and oxygen atoms in total. The van der Waals surface area contributed by atoms with E-state index in [1.165, 1.54) is 37.7 Å². The Morgan fingerprint density at radius 1 is 1.08 bits per heavy atom. The number of halogens is 2. The van der Waals surface area contributed by atoms with Crippen molar-refractivity contribution in [2.24, 2.45) is 0 Å². The number of carbonyl (C=O) groups is 3. The predicted octanol–water partition coefficient (Wildman–Crippen LogP) is 4.48. The van der Waals surface area contributed by atoms with Gasteiger partial charge in [0.2, 0.25) is 0 Å². The zero-order valence-corrected chi connectivity index (χ0v) is 21.3. The second kappa shape index (κ2) is 12.1. The highest BCUT2D eigenvalue weighted by molar-refractivity contribution is 6.34. The van der Waals surface area contributed by atoms with Gasteiger partial charge >= 0.3 is 0 Å². The molecule has 0 saturated carbocycles. The molecule has 1 unspecified atom stereocenters. The molecule has 1 aliphatic heterocycles. The number of ketones is 1. The van der Waals surface area contributed by atoms with E-state index < -0.39 is 11.7 Å². The van der Waals surface area contributed by atoms with Gasteiger partial charge in [0.15, 0.2) is 11.5 Å². The fourth-order valence-corrected chi connectivity index (χ4v) is 4.62. The highest BCUT2D eigenvalue weighted by atomic mass is 35.5. The van der Waals surface area contributed by atoms with Crippen LogP contribution in [0.2, 0.25) is 5.02 Å². The standard InChI is InChI=1S/C27H29ClFN5O3/c1-17(34-11-3-2-4-12-34)15-30-26(36)24-25(32-16-31-24)27(37)33-20-8-5-18(6-9-20)13-23(35)21-10-7-19(29)14-22(21)28/h5-10,14,16-17H,2-4,11-13,15H2,1H3,(H,30,36)(H,31,32)(H,33,37). The number of likely N-dealkylation sites (tertiary alicyclic amines) is 1. The summed E-state index contributed by atoms with van der Waals surface area (Å²) in [6, 6.07) is 10.6. The number of carbonyl (C=O) groups excluding carboxylic acids is 3. The lowest BCUT2D eigenvalue weighted by Gasteiger charge is -2.32. The molecule has 0 bridgehead atoms. The molecule has 1 aromatic heterocycles. The van der Waals surface area contributed by atoms with Crippen molar-refractivity contribution < 1.29 is 18.8 Å². The maximum Gasteiger partial charge on any atom is 0.276 e. The van der Waals surface area contributed by atoms with Gasteiger partial charge in [-0.15, -0.1) is 0 Å². The lowest BCUT2D eigenvalue weighted by Crippen LogP contribution is -2.44. The van der Waals surface area contributed by atoms with Gasteiger partial charge in [0, 0.05) is 30.3 Å². The van der Waals surface area contributed by atoms with Crippen LogP contribution >= 0.6 is 11.6 Å². The molecular formula is C27H29ClFN5O3. The van der Waals surface area contributed by atoms with E-state index in [-0.39, 0.29) is 46.1 Å². The second-order valence-electron chi connectivity index (χ2n) is 9.16. The van der Waals surface area contributed by atoms with Crippen LogP contribution in [-0.4, -0.2) is 58.1 Å². The predicted molar refractivity (Wildman–Crippen MR) is 140 cm³/mol. The number of hydrogen-bond donors (Lipinski definition) is 3. The quantitative estimate of drug-likeness (QED) is 0.357. The Balaban J connectivity index is 1.33. The Morgan fingerprint density at radius 2 is 1.81 bits per heavy atom. The molecule has 10 heteroatoms. The Labute approximate surface area is 219 Å². The summed E-state index contributed by atoms with van der Waals surface area (Å²) in [5, 5.41) is 5.68. The van der Waals surface area contributed by atoms with Gasteiger partial charge in [0.05, 0.1) is 11.3 Å². The smallest absolute Gasteiger partial charge is 0.276 e. The number of imidazole rings is 1. The maximum atomic E-state index is 13.2. The Kier molecular flexibility index (Phi) is 8.68. The third-order valence-corrected chi connectivity index (χ3v) is 6.77. The summed E-state index contributed by atoms with van der Waals surface area (Å²) in [7, 11) is 0. The number of piperidine rings is 1. The molecule has 4 rings (SSSR count). The van der Waals surface area contributed by atoms with Crippen LogP contribution in [0.1, 0.15) is 63.1 Å². The van der Waals surface area contributed by atoms with Crippen molar-refractivity contribution in [2.45, 2.75) is 38.6 Å². The summed E-state index contributed by atoms with van der Waals surface area (Å²) in [5.74, 6) is -1.67. The number of Topliss-reactive ketones (excluding diaryl/α,β-unsaturated/α-hetero) is 1. The van der Waals surface area contributed by atoms with Crippen molar-refractivity contribution in [3.63, 3.8) is 0 Å². The minimum atomic E-state index is -0.530. The second-order valence-corrected chi connectivity index (χ2v) is 9.56. The number of aromatic amines is 1. The number of nitrogens with zero attached hydrogens (tertiary/aromatic N) is 2. The van der Waals surface area contributed by atoms with Gasteiger partial charge in [-0.1, -0.05) is 30.2 Å². The molecule has 0 radical (unpaired) electrons. The van der Waals surface area contributed by atoms with Crippen LogP contribution in [0.25, 0.3) is 0 Å². The van der Waals surface area contributed by atoms with Gasteiger partial charge in [0.25, 0.3) is 11.8 Å². The minimum absolute atomic E-state index is 0.00617. The van der Waals surface area contributed by atoms with Gasteiger partial charge in [-0.05, 0) is 68.8 Å². The topological polar surface area (TPSA) is 107 Å². The van der Waals surface area contributed by atoms with Crippen LogP contribution in [0.5, 0.6) is 0 Å². The fraction of sp³-hybridized carbons (Fsp3) is 0.333. The molecule has 194 valence electrons. The summed E-state index contributed by atoms with van der Waals surface area (Å²) in [4.78, 5) is 47.2. The number of amides is 2. The molecule has 0 aliphatic carbocycles. The van der Waals surface area contributed by atoms with Crippen LogP contribution in [0.4, 0.5) is 10.1 Å². The molecule has 1 atom stereocenters. The molecule has 2 heterocycles. The van der Waals surface area contributed by atoms with Crippen LogP contribution < -0.4 is 10.6 Å². The Bertz CT molecular complexity index is 1270. The van der Waals surface area contributed by atoms with E-state index >= 15 is 0 Å². The third kappa shape index (κ3) is 6.81. The third-order valence-electron chi connectivity index (χ3n) is 6.46. The van der Waals surface area contributed by atoms with E-state index in [9.17, 15) is 18.8 Å². The van der Waals surface area contributed by atoms with Gasteiger partial charge < -0.3 is 15.6 Å². The zero-order chi connectivity index (χ0) is 26.4. The first-order valence-electron chi connectivity index (χ1n) is 12.3. The number of rotatable bonds is 9. The number of nitrogens with one attached hydrogen (secondary N) is 3. The zero-order valence-electron chi connectivity index (χ0n) is 20.5. The number of hydrogen-bond acceptors (Lipinski definition) is 5. The Morgan fingerprint density at radius 3 is 2.51 bits per heavy atom. The normalized spacial score (nSPS) is 14.7. The first-order chi connectivity index (χ1) is 17.8. The van der Waals surface area contributed by atoms with E-state index in [1.54, 1.807) is 24.3 Å². The first-order valence-corrected chi connectivity index (χ1v) is 12.6. The maximum absolute atomic E-state index is 13.2. The molecule has 1 saturated heterocycles. The number of H-pyrrole nitrogens is 1. The molecule has 3 N–H and O–H groups in total. The van der Waals surface area contributed by atoms with E-state index in [0.29, 0.717) is 17.8 Å². The van der Waals surface area contributed by atoms with E-state index in [0.717, 1.165) is 19.2 Å². The molecule has 37 heavy (non-hydrogen) atoms. The first kappa shape index (κ1) is 26.5. The highest BCUT2D eigenvalue weighted by Crippen LogP contribution is 2.20. The summed E-state index contributed by atoms with van der Waals surface area (Å²) >= 11 is 5.98. The van der Waals surface area contributed by atoms with Gasteiger partial charge in [-0.3, -0.25) is 19.3 Å². The largest absolute Gasteiger partial charge is 0.349 e. The van der Waals surface area contributed by atoms with Crippen molar-refractivity contribution in [3.8, 4) is 0 Å². The van der Waals surface area contributed by atoms with Gasteiger partial charge in [-0.2, -0.15) is 0 Å². The number of benzene rings is 2. The summed E-state index contributed by atoms with van der Waals surface area (Å²) in [6.07, 6.45) is 4.96. The van der Waals surface area contributed by atoms with Crippen LogP contribution in [0.3, 0.4) is 0 Å². The SMILES string of the molecule is CC(CNC(=O)c1[nH]cnc1C(=O)Nc1ccc(CC(=O)c2ccc(F)cc2Cl)cc1)N1CCCCC1. The van der Waals surface area contributed by atoms with E-state index in [4.69, 9.17) is 11.6 Å². The van der Waals surface area contributed by atoms with Crippen molar-refractivity contribution >= 4 is 34.9 Å². The molecular weight excluding hydrogens is 497 g/mol. The highest BCUT2D eigenvalue weighted by Gasteiger charge is 2.22. The summed E-state index contributed by atoms with van der Waals surface area (Å²) in [6.45, 7) is 4.61. The summed E-state index contributed by atoms with van der Waals surface area (Å²) in [5.41, 5.74) is 1.52. The van der Waals surface area contributed by atoms with Gasteiger partial charge in [0.1, 0.15) is 11.5 Å². The minimum Gasteiger partial charge on any atom is -0.349 e. The Hall–Kier alpha value is -3.56. The van der Waals surface area contributed by atoms with Crippen molar-refractivity contribution in [1.82, 2.24) is 20.2 Å². The number of anilines is 1. The van der Waals surface area contributed by atoms with Crippen LogP contribution in [-0.2, 0) is 6.42 Å². The van der Waals surface area contributed by atoms with Crippen LogP contribution in [0.15, 0.2) is 48.8 Å². The fourth-order valence-electron chi connectivity index (χ4n) is 4.35. The van der Waals surface area contributed by atoms with Crippen molar-refractivity contribution in [2.75, 3.05) is 25.0 Å². The van der Waals surface area contributed by atoms with E-state index in [1.807, 2.05) is 0 Å². The molecule has 3 aromatic rings.